The first kappa shape index (κ1) is 22.7. The Balaban J connectivity index is 1.46. The maximum Gasteiger partial charge on any atom is 0.262 e. The Morgan fingerprint density at radius 1 is 1.16 bits per heavy atom. The highest BCUT2D eigenvalue weighted by molar-refractivity contribution is 7.89. The molecular formula is C22H24ClFN4O3S. The van der Waals surface area contributed by atoms with Gasteiger partial charge in [0.05, 0.1) is 19.0 Å². The Bertz CT molecular complexity index is 1150. The highest BCUT2D eigenvalue weighted by Gasteiger charge is 2.41. The minimum atomic E-state index is -3.76. The van der Waals surface area contributed by atoms with Gasteiger partial charge in [0.25, 0.3) is 10.0 Å². The van der Waals surface area contributed by atoms with E-state index in [1.807, 2.05) is 12.1 Å². The second-order valence-corrected chi connectivity index (χ2v) is 10.0. The summed E-state index contributed by atoms with van der Waals surface area (Å²) in [6.45, 7) is 1.35. The van der Waals surface area contributed by atoms with Crippen LogP contribution >= 0.6 is 11.6 Å². The monoisotopic (exact) mass is 478 g/mol. The maximum atomic E-state index is 13.4. The van der Waals surface area contributed by atoms with Crippen molar-refractivity contribution >= 4 is 27.3 Å². The molecule has 3 aromatic rings. The highest BCUT2D eigenvalue weighted by Crippen LogP contribution is 2.33. The highest BCUT2D eigenvalue weighted by atomic mass is 35.5. The Morgan fingerprint density at radius 3 is 2.53 bits per heavy atom. The SMILES string of the molecule is Cn1cnc(S(=O)(=O)N2CC(OCCNc3ccc(Cl)cc3)C(c3ccc(F)cc3)C2)c1. The van der Waals surface area contributed by atoms with Crippen molar-refractivity contribution in [2.24, 2.45) is 7.05 Å². The number of imidazole rings is 1. The molecule has 0 saturated carbocycles. The zero-order valence-corrected chi connectivity index (χ0v) is 19.1. The van der Waals surface area contributed by atoms with Crippen molar-refractivity contribution < 1.29 is 17.5 Å². The van der Waals surface area contributed by atoms with E-state index >= 15 is 0 Å². The van der Waals surface area contributed by atoms with Gasteiger partial charge in [-0.05, 0) is 42.0 Å². The van der Waals surface area contributed by atoms with Crippen molar-refractivity contribution in [3.05, 3.63) is 77.5 Å². The average molecular weight is 479 g/mol. The normalized spacial score (nSPS) is 19.3. The van der Waals surface area contributed by atoms with Crippen LogP contribution in [0.4, 0.5) is 10.1 Å². The summed E-state index contributed by atoms with van der Waals surface area (Å²) in [5, 5.41) is 3.91. The third-order valence-electron chi connectivity index (χ3n) is 5.42. The first-order valence-corrected chi connectivity index (χ1v) is 12.0. The number of sulfonamides is 1. The van der Waals surface area contributed by atoms with Gasteiger partial charge in [-0.3, -0.25) is 0 Å². The van der Waals surface area contributed by atoms with Gasteiger partial charge in [-0.25, -0.2) is 17.8 Å². The minimum absolute atomic E-state index is 0.00270. The van der Waals surface area contributed by atoms with E-state index in [0.29, 0.717) is 18.2 Å². The van der Waals surface area contributed by atoms with Gasteiger partial charge in [0.15, 0.2) is 5.03 Å². The molecule has 2 aromatic carbocycles. The smallest absolute Gasteiger partial charge is 0.262 e. The zero-order chi connectivity index (χ0) is 22.7. The quantitative estimate of drug-likeness (QED) is 0.501. The molecule has 1 N–H and O–H groups in total. The van der Waals surface area contributed by atoms with Gasteiger partial charge in [-0.15, -0.1) is 0 Å². The molecule has 1 aliphatic heterocycles. The molecule has 1 saturated heterocycles. The molecule has 170 valence electrons. The summed E-state index contributed by atoms with van der Waals surface area (Å²) < 4.78 is 48.7. The molecule has 2 atom stereocenters. The van der Waals surface area contributed by atoms with Crippen molar-refractivity contribution in [3.8, 4) is 0 Å². The molecule has 1 aromatic heterocycles. The van der Waals surface area contributed by atoms with E-state index < -0.39 is 10.0 Å². The lowest BCUT2D eigenvalue weighted by Gasteiger charge is -2.19. The fourth-order valence-electron chi connectivity index (χ4n) is 3.76. The largest absolute Gasteiger partial charge is 0.383 e. The van der Waals surface area contributed by atoms with Crippen LogP contribution in [0.1, 0.15) is 11.5 Å². The molecule has 0 radical (unpaired) electrons. The van der Waals surface area contributed by atoms with Crippen LogP contribution in [-0.2, 0) is 21.8 Å². The summed E-state index contributed by atoms with van der Waals surface area (Å²) in [4.78, 5) is 4.01. The summed E-state index contributed by atoms with van der Waals surface area (Å²) in [6, 6.07) is 13.5. The van der Waals surface area contributed by atoms with Crippen LogP contribution in [0.25, 0.3) is 0 Å². The van der Waals surface area contributed by atoms with E-state index in [9.17, 15) is 12.8 Å². The predicted octanol–water partition coefficient (Wildman–Crippen LogP) is 3.50. The summed E-state index contributed by atoms with van der Waals surface area (Å²) in [5.41, 5.74) is 1.75. The fraction of sp³-hybridized carbons (Fsp3) is 0.318. The van der Waals surface area contributed by atoms with Gasteiger partial charge >= 0.3 is 0 Å². The molecule has 0 spiro atoms. The lowest BCUT2D eigenvalue weighted by Crippen LogP contribution is -2.31. The third-order valence-corrected chi connectivity index (χ3v) is 7.39. The van der Waals surface area contributed by atoms with Crippen LogP contribution in [0.3, 0.4) is 0 Å². The van der Waals surface area contributed by atoms with Gasteiger partial charge in [-0.2, -0.15) is 4.31 Å². The molecule has 2 heterocycles. The molecular weight excluding hydrogens is 455 g/mol. The van der Waals surface area contributed by atoms with E-state index in [0.717, 1.165) is 11.3 Å². The van der Waals surface area contributed by atoms with Crippen molar-refractivity contribution in [2.45, 2.75) is 17.0 Å². The van der Waals surface area contributed by atoms with Crippen molar-refractivity contribution in [1.82, 2.24) is 13.9 Å². The number of aryl methyl sites for hydroxylation is 1. The Kier molecular flexibility index (Phi) is 6.80. The summed E-state index contributed by atoms with van der Waals surface area (Å²) in [5.74, 6) is -0.557. The molecule has 7 nitrogen and oxygen atoms in total. The van der Waals surface area contributed by atoms with E-state index in [1.54, 1.807) is 35.9 Å². The number of nitrogens with one attached hydrogen (secondary N) is 1. The van der Waals surface area contributed by atoms with Gasteiger partial charge < -0.3 is 14.6 Å². The van der Waals surface area contributed by atoms with Crippen molar-refractivity contribution in [1.29, 1.82) is 0 Å². The summed E-state index contributed by atoms with van der Waals surface area (Å²) >= 11 is 5.90. The minimum Gasteiger partial charge on any atom is -0.383 e. The Hall–Kier alpha value is -2.46. The van der Waals surface area contributed by atoms with Gasteiger partial charge in [-0.1, -0.05) is 23.7 Å². The number of aromatic nitrogens is 2. The standard InChI is InChI=1S/C22H24ClFN4O3S/c1-27-14-22(26-15-27)32(29,30)28-12-20(16-2-6-18(24)7-3-16)21(13-28)31-11-10-25-19-8-4-17(23)5-9-19/h2-9,14-15,20-21,25H,10-13H2,1H3. The number of nitrogens with zero attached hydrogens (tertiary/aromatic N) is 3. The number of benzene rings is 2. The van der Waals surface area contributed by atoms with E-state index in [1.165, 1.54) is 29.0 Å². The second kappa shape index (κ2) is 9.58. The van der Waals surface area contributed by atoms with Crippen LogP contribution in [0, 0.1) is 5.82 Å². The number of hydrogen-bond acceptors (Lipinski definition) is 5. The molecule has 0 amide bonds. The van der Waals surface area contributed by atoms with Crippen molar-refractivity contribution in [3.63, 3.8) is 0 Å². The van der Waals surface area contributed by atoms with E-state index in [4.69, 9.17) is 16.3 Å². The second-order valence-electron chi connectivity index (χ2n) is 7.70. The number of ether oxygens (including phenoxy) is 1. The van der Waals surface area contributed by atoms with Crippen LogP contribution in [0.15, 0.2) is 66.1 Å². The molecule has 4 rings (SSSR count). The lowest BCUT2D eigenvalue weighted by atomic mass is 9.96. The van der Waals surface area contributed by atoms with Crippen LogP contribution in [0.2, 0.25) is 5.02 Å². The van der Waals surface area contributed by atoms with Gasteiger partial charge in [0.1, 0.15) is 5.82 Å². The number of halogens is 2. The molecule has 0 aliphatic carbocycles. The molecule has 1 fully saturated rings. The first-order valence-electron chi connectivity index (χ1n) is 10.2. The molecule has 10 heteroatoms. The van der Waals surface area contributed by atoms with Gasteiger partial charge in [0, 0.05) is 49.5 Å². The van der Waals surface area contributed by atoms with Gasteiger partial charge in [0.2, 0.25) is 0 Å². The number of anilines is 1. The van der Waals surface area contributed by atoms with Crippen LogP contribution < -0.4 is 5.32 Å². The summed E-state index contributed by atoms with van der Waals surface area (Å²) in [7, 11) is -2.04. The summed E-state index contributed by atoms with van der Waals surface area (Å²) in [6.07, 6.45) is 2.56. The van der Waals surface area contributed by atoms with E-state index in [-0.39, 0.29) is 36.0 Å². The number of hydrogen-bond donors (Lipinski definition) is 1. The fourth-order valence-corrected chi connectivity index (χ4v) is 5.33. The molecule has 0 bridgehead atoms. The Labute approximate surface area is 191 Å². The topological polar surface area (TPSA) is 76.5 Å². The van der Waals surface area contributed by atoms with Crippen LogP contribution in [0.5, 0.6) is 0 Å². The molecule has 2 unspecified atom stereocenters. The number of rotatable bonds is 8. The molecule has 32 heavy (non-hydrogen) atoms. The average Bonchev–Trinajstić information content (AvgIpc) is 3.40. The molecule has 1 aliphatic rings. The lowest BCUT2D eigenvalue weighted by molar-refractivity contribution is 0.0604. The Morgan fingerprint density at radius 2 is 1.88 bits per heavy atom. The zero-order valence-electron chi connectivity index (χ0n) is 17.5. The first-order chi connectivity index (χ1) is 15.3. The van der Waals surface area contributed by atoms with E-state index in [2.05, 4.69) is 10.3 Å². The van der Waals surface area contributed by atoms with Crippen molar-refractivity contribution in [2.75, 3.05) is 31.6 Å². The van der Waals surface area contributed by atoms with Crippen LogP contribution in [-0.4, -0.2) is 54.6 Å². The third kappa shape index (κ3) is 5.12. The maximum absolute atomic E-state index is 13.4. The predicted molar refractivity (Wildman–Crippen MR) is 121 cm³/mol.